The van der Waals surface area contributed by atoms with Gasteiger partial charge in [-0.3, -0.25) is 14.4 Å². The molecule has 0 aliphatic heterocycles. The topological polar surface area (TPSA) is 88.1 Å². The molecule has 7 nitrogen and oxygen atoms in total. The number of Topliss-reactive ketones (excluding diaryl/α,β-unsaturated/α-hetero) is 1. The number of carbonyl (C=O) groups excluding carboxylic acids is 3. The zero-order chi connectivity index (χ0) is 22.7. The van der Waals surface area contributed by atoms with E-state index in [0.29, 0.717) is 18.6 Å². The molecule has 0 atom stereocenters. The van der Waals surface area contributed by atoms with Crippen molar-refractivity contribution in [3.05, 3.63) is 46.0 Å². The molecule has 0 heterocycles. The molecule has 164 valence electrons. The molecule has 7 heteroatoms. The van der Waals surface area contributed by atoms with Gasteiger partial charge in [-0.2, -0.15) is 0 Å². The number of ether oxygens (including phenoxy) is 4. The highest BCUT2D eigenvalue weighted by molar-refractivity contribution is 6.31. The van der Waals surface area contributed by atoms with E-state index < -0.39 is 11.6 Å². The summed E-state index contributed by atoms with van der Waals surface area (Å²) in [6, 6.07) is 4.49. The molecule has 2 aromatic carbocycles. The summed E-state index contributed by atoms with van der Waals surface area (Å²) in [5, 5.41) is 0. The molecule has 0 N–H and O–H groups in total. The second kappa shape index (κ2) is 9.20. The molecule has 0 spiro atoms. The molecular formula is C24H26O7. The minimum atomic E-state index is -0.453. The quantitative estimate of drug-likeness (QED) is 0.373. The van der Waals surface area contributed by atoms with E-state index in [1.807, 2.05) is 0 Å². The second-order valence-electron chi connectivity index (χ2n) is 7.20. The van der Waals surface area contributed by atoms with E-state index in [1.54, 1.807) is 6.07 Å². The lowest BCUT2D eigenvalue weighted by Gasteiger charge is -2.24. The Morgan fingerprint density at radius 3 is 2.03 bits per heavy atom. The van der Waals surface area contributed by atoms with Gasteiger partial charge in [0.2, 0.25) is 5.78 Å². The number of hydrogen-bond donors (Lipinski definition) is 0. The van der Waals surface area contributed by atoms with Gasteiger partial charge in [-0.15, -0.1) is 0 Å². The fraction of sp³-hybridized carbons (Fsp3) is 0.375. The Kier molecular flexibility index (Phi) is 6.63. The lowest BCUT2D eigenvalue weighted by Crippen LogP contribution is -2.24. The van der Waals surface area contributed by atoms with Crippen LogP contribution < -0.4 is 18.9 Å². The molecule has 0 amide bonds. The summed E-state index contributed by atoms with van der Waals surface area (Å²) in [5.41, 5.74) is 0.625. The first kappa shape index (κ1) is 22.3. The van der Waals surface area contributed by atoms with Gasteiger partial charge in [0.25, 0.3) is 0 Å². The minimum Gasteiger partial charge on any atom is -0.497 e. The Hall–Kier alpha value is -3.35. The van der Waals surface area contributed by atoms with Crippen molar-refractivity contribution in [1.29, 1.82) is 0 Å². The van der Waals surface area contributed by atoms with Crippen molar-refractivity contribution in [2.24, 2.45) is 0 Å². The molecular weight excluding hydrogens is 400 g/mol. The Morgan fingerprint density at radius 2 is 1.45 bits per heavy atom. The van der Waals surface area contributed by atoms with Crippen LogP contribution >= 0.6 is 0 Å². The third-order valence-corrected chi connectivity index (χ3v) is 5.43. The largest absolute Gasteiger partial charge is 0.497 e. The van der Waals surface area contributed by atoms with Crippen LogP contribution in [0.3, 0.4) is 0 Å². The molecule has 0 unspecified atom stereocenters. The normalized spacial score (nSPS) is 12.2. The number of fused-ring (bicyclic) bond motifs is 2. The summed E-state index contributed by atoms with van der Waals surface area (Å²) in [5.74, 6) is -0.185. The van der Waals surface area contributed by atoms with E-state index in [9.17, 15) is 14.4 Å². The number of methoxy groups -OCH3 is 4. The standard InChI is InChI=1S/C24H26O7/c1-6-7-8-9-16(25)21-18(30-4)12-15-20(24(21)31-5)23(27)19-14(22(15)26)10-13(28-2)11-17(19)29-3/h10-12H,6-9H2,1-5H3. The van der Waals surface area contributed by atoms with Crippen molar-refractivity contribution in [3.8, 4) is 23.0 Å². The number of unbranched alkanes of at least 4 members (excludes halogenated alkanes) is 2. The molecule has 0 aromatic heterocycles. The van der Waals surface area contributed by atoms with Gasteiger partial charge in [0.1, 0.15) is 28.6 Å². The van der Waals surface area contributed by atoms with Crippen molar-refractivity contribution in [1.82, 2.24) is 0 Å². The third-order valence-electron chi connectivity index (χ3n) is 5.43. The molecule has 2 aromatic rings. The Morgan fingerprint density at radius 1 is 0.774 bits per heavy atom. The lowest BCUT2D eigenvalue weighted by molar-refractivity contribution is 0.0962. The van der Waals surface area contributed by atoms with E-state index in [2.05, 4.69) is 6.92 Å². The minimum absolute atomic E-state index is 0.0445. The highest BCUT2D eigenvalue weighted by atomic mass is 16.5. The highest BCUT2D eigenvalue weighted by Gasteiger charge is 2.38. The molecule has 0 saturated carbocycles. The zero-order valence-electron chi connectivity index (χ0n) is 18.4. The summed E-state index contributed by atoms with van der Waals surface area (Å²) >= 11 is 0. The number of rotatable bonds is 9. The van der Waals surface area contributed by atoms with Crippen LogP contribution in [0.5, 0.6) is 23.0 Å². The van der Waals surface area contributed by atoms with E-state index in [1.165, 1.54) is 40.6 Å². The molecule has 31 heavy (non-hydrogen) atoms. The summed E-state index contributed by atoms with van der Waals surface area (Å²) in [6.07, 6.45) is 2.88. The summed E-state index contributed by atoms with van der Waals surface area (Å²) < 4.78 is 21.6. The smallest absolute Gasteiger partial charge is 0.202 e. The lowest BCUT2D eigenvalue weighted by atomic mass is 9.81. The van der Waals surface area contributed by atoms with Gasteiger partial charge in [0.15, 0.2) is 11.6 Å². The van der Waals surface area contributed by atoms with E-state index in [-0.39, 0.29) is 50.8 Å². The molecule has 0 bridgehead atoms. The van der Waals surface area contributed by atoms with Crippen molar-refractivity contribution >= 4 is 17.3 Å². The average Bonchev–Trinajstić information content (AvgIpc) is 2.79. The fourth-order valence-corrected chi connectivity index (χ4v) is 3.88. The summed E-state index contributed by atoms with van der Waals surface area (Å²) in [4.78, 5) is 39.9. The Balaban J connectivity index is 2.26. The predicted molar refractivity (Wildman–Crippen MR) is 114 cm³/mol. The van der Waals surface area contributed by atoms with Crippen LogP contribution in [0, 0.1) is 0 Å². The SMILES string of the molecule is CCCCCC(=O)c1c(OC)cc2c(c1OC)C(=O)c1c(OC)cc(OC)cc1C2=O. The monoisotopic (exact) mass is 426 g/mol. The maximum atomic E-state index is 13.5. The van der Waals surface area contributed by atoms with Crippen molar-refractivity contribution in [3.63, 3.8) is 0 Å². The van der Waals surface area contributed by atoms with E-state index in [4.69, 9.17) is 18.9 Å². The van der Waals surface area contributed by atoms with Gasteiger partial charge in [0, 0.05) is 23.6 Å². The fourth-order valence-electron chi connectivity index (χ4n) is 3.88. The van der Waals surface area contributed by atoms with Crippen molar-refractivity contribution in [2.45, 2.75) is 32.6 Å². The second-order valence-corrected chi connectivity index (χ2v) is 7.20. The molecule has 1 aliphatic carbocycles. The van der Waals surface area contributed by atoms with Gasteiger partial charge >= 0.3 is 0 Å². The Bertz CT molecular complexity index is 1050. The van der Waals surface area contributed by atoms with Gasteiger partial charge in [0.05, 0.1) is 39.6 Å². The number of hydrogen-bond acceptors (Lipinski definition) is 7. The van der Waals surface area contributed by atoms with Crippen LogP contribution in [0.4, 0.5) is 0 Å². The van der Waals surface area contributed by atoms with Crippen LogP contribution in [-0.2, 0) is 0 Å². The highest BCUT2D eigenvalue weighted by Crippen LogP contribution is 2.44. The van der Waals surface area contributed by atoms with Crippen LogP contribution in [0.15, 0.2) is 18.2 Å². The number of ketones is 3. The van der Waals surface area contributed by atoms with E-state index >= 15 is 0 Å². The number of carbonyl (C=O) groups is 3. The van der Waals surface area contributed by atoms with Crippen LogP contribution in [0.2, 0.25) is 0 Å². The zero-order valence-corrected chi connectivity index (χ0v) is 18.4. The average molecular weight is 426 g/mol. The van der Waals surface area contributed by atoms with Gasteiger partial charge < -0.3 is 18.9 Å². The maximum absolute atomic E-state index is 13.5. The predicted octanol–water partition coefficient (Wildman–Crippen LogP) is 4.26. The van der Waals surface area contributed by atoms with Crippen molar-refractivity contribution in [2.75, 3.05) is 28.4 Å². The molecule has 1 aliphatic rings. The van der Waals surface area contributed by atoms with Crippen LogP contribution in [0.1, 0.15) is 74.8 Å². The first-order valence-corrected chi connectivity index (χ1v) is 10.1. The molecule has 0 fully saturated rings. The van der Waals surface area contributed by atoms with Gasteiger partial charge in [-0.05, 0) is 18.6 Å². The van der Waals surface area contributed by atoms with E-state index in [0.717, 1.165) is 12.8 Å². The van der Waals surface area contributed by atoms with Crippen LogP contribution in [-0.4, -0.2) is 45.8 Å². The summed E-state index contributed by atoms with van der Waals surface area (Å²) in [6.45, 7) is 2.05. The molecule has 0 saturated heterocycles. The number of benzene rings is 2. The molecule has 0 radical (unpaired) electrons. The first-order valence-electron chi connectivity index (χ1n) is 10.1. The summed E-state index contributed by atoms with van der Waals surface area (Å²) in [7, 11) is 5.67. The van der Waals surface area contributed by atoms with Gasteiger partial charge in [-0.25, -0.2) is 0 Å². The van der Waals surface area contributed by atoms with Gasteiger partial charge in [-0.1, -0.05) is 19.8 Å². The molecule has 3 rings (SSSR count). The van der Waals surface area contributed by atoms with Crippen molar-refractivity contribution < 1.29 is 33.3 Å². The Labute approximate surface area is 181 Å². The maximum Gasteiger partial charge on any atom is 0.202 e. The third kappa shape index (κ3) is 3.76. The van der Waals surface area contributed by atoms with Crippen LogP contribution in [0.25, 0.3) is 0 Å². The first-order chi connectivity index (χ1) is 14.9.